The van der Waals surface area contributed by atoms with E-state index in [0.717, 1.165) is 29.6 Å². The van der Waals surface area contributed by atoms with Crippen LogP contribution >= 0.6 is 0 Å². The van der Waals surface area contributed by atoms with Gasteiger partial charge in [-0.05, 0) is 5.92 Å². The quantitative estimate of drug-likeness (QED) is 0.127. The molecule has 0 nitrogen and oxygen atoms in total. The number of rotatable bonds is 16. The topological polar surface area (TPSA) is 0 Å². The molecule has 2 rings (SSSR count). The van der Waals surface area contributed by atoms with E-state index < -0.39 is 0 Å². The summed E-state index contributed by atoms with van der Waals surface area (Å²) in [5.74, 6) is 6.43. The molecule has 211 valence electrons. The molecule has 0 aromatic rings. The summed E-state index contributed by atoms with van der Waals surface area (Å²) in [4.78, 5) is 0. The average molecular weight is 576 g/mol. The molecule has 0 N–H and O–H groups in total. The van der Waals surface area contributed by atoms with Crippen molar-refractivity contribution in [3.05, 3.63) is 12.3 Å². The summed E-state index contributed by atoms with van der Waals surface area (Å²) in [7, 11) is 0. The van der Waals surface area contributed by atoms with Gasteiger partial charge in [0, 0.05) is 32.7 Å². The SMILES string of the molecule is CCCCCCCC(C)(C)[C-](C1CC(C)CCC1C1[CH-]CC(C)CC1)C(C)(C)CCCCCCC.[Y]. The third-order valence-electron chi connectivity index (χ3n) is 10.2. The van der Waals surface area contributed by atoms with Gasteiger partial charge in [0.15, 0.2) is 0 Å². The van der Waals surface area contributed by atoms with E-state index in [0.29, 0.717) is 10.8 Å². The first-order valence-corrected chi connectivity index (χ1v) is 16.3. The Morgan fingerprint density at radius 3 is 1.64 bits per heavy atom. The molecule has 5 unspecified atom stereocenters. The summed E-state index contributed by atoms with van der Waals surface area (Å²) < 4.78 is 0. The van der Waals surface area contributed by atoms with Gasteiger partial charge in [0.2, 0.25) is 0 Å². The van der Waals surface area contributed by atoms with Gasteiger partial charge in [0.25, 0.3) is 0 Å². The smallest absolute Gasteiger partial charge is 0 e. The molecule has 0 bridgehead atoms. The first-order valence-electron chi connectivity index (χ1n) is 16.3. The van der Waals surface area contributed by atoms with Crippen LogP contribution in [-0.4, -0.2) is 0 Å². The van der Waals surface area contributed by atoms with Gasteiger partial charge in [-0.1, -0.05) is 176 Å². The van der Waals surface area contributed by atoms with Crippen LogP contribution in [0.4, 0.5) is 0 Å². The van der Waals surface area contributed by atoms with Crippen molar-refractivity contribution < 1.29 is 32.7 Å². The van der Waals surface area contributed by atoms with Crippen molar-refractivity contribution in [1.82, 2.24) is 0 Å². The summed E-state index contributed by atoms with van der Waals surface area (Å²) in [5.41, 5.74) is 0.724. The fourth-order valence-corrected chi connectivity index (χ4v) is 8.29. The first kappa shape index (κ1) is 35.1. The zero-order chi connectivity index (χ0) is 25.9. The molecule has 0 aromatic heterocycles. The zero-order valence-electron chi connectivity index (χ0n) is 26.3. The molecule has 5 atom stereocenters. The maximum absolute atomic E-state index is 2.79. The molecular weight excluding hydrogens is 509 g/mol. The van der Waals surface area contributed by atoms with Crippen molar-refractivity contribution in [3.8, 4) is 0 Å². The molecule has 1 heteroatoms. The molecule has 0 aromatic carbocycles. The van der Waals surface area contributed by atoms with Crippen molar-refractivity contribution in [2.75, 3.05) is 0 Å². The molecule has 0 amide bonds. The molecule has 0 heterocycles. The van der Waals surface area contributed by atoms with Crippen molar-refractivity contribution in [3.63, 3.8) is 0 Å². The molecule has 2 aliphatic rings. The average Bonchev–Trinajstić information content (AvgIpc) is 2.79. The van der Waals surface area contributed by atoms with Gasteiger partial charge in [-0.25, -0.2) is 0 Å². The van der Waals surface area contributed by atoms with Crippen molar-refractivity contribution in [2.24, 2.45) is 40.4 Å². The molecule has 36 heavy (non-hydrogen) atoms. The standard InChI is InChI=1S/C35H66.Y/c1-9-11-13-15-17-25-34(5,6)33(35(7,8)26-18-16-14-12-10-2)32-27-29(4)21-24-31(32)30-22-19-28(3)20-23-30;/h22,28-32H,9-21,23-27H2,1-8H3;/q-2;. The summed E-state index contributed by atoms with van der Waals surface area (Å²) >= 11 is 0. The fraction of sp³-hybridized carbons (Fsp3) is 0.943. The minimum absolute atomic E-state index is 0. The molecule has 2 saturated carbocycles. The van der Waals surface area contributed by atoms with E-state index in [9.17, 15) is 0 Å². The van der Waals surface area contributed by atoms with Crippen LogP contribution in [-0.2, 0) is 32.7 Å². The third-order valence-corrected chi connectivity index (χ3v) is 10.2. The van der Waals surface area contributed by atoms with Crippen LogP contribution in [0.2, 0.25) is 0 Å². The normalized spacial score (nSPS) is 27.8. The predicted molar refractivity (Wildman–Crippen MR) is 158 cm³/mol. The van der Waals surface area contributed by atoms with Gasteiger partial charge in [-0.2, -0.15) is 29.1 Å². The zero-order valence-corrected chi connectivity index (χ0v) is 29.1. The maximum Gasteiger partial charge on any atom is 0 e. The molecular formula is C35H66Y-2. The summed E-state index contributed by atoms with van der Waals surface area (Å²) in [5, 5.41) is 0. The van der Waals surface area contributed by atoms with E-state index in [1.807, 2.05) is 5.92 Å². The van der Waals surface area contributed by atoms with Crippen LogP contribution in [0.1, 0.15) is 171 Å². The summed E-state index contributed by atoms with van der Waals surface area (Å²) in [6, 6.07) is 0. The Balaban J connectivity index is 0.00000648. The van der Waals surface area contributed by atoms with Crippen molar-refractivity contribution >= 4 is 0 Å². The van der Waals surface area contributed by atoms with Crippen LogP contribution in [0.5, 0.6) is 0 Å². The predicted octanol–water partition coefficient (Wildman–Crippen LogP) is 12.0. The van der Waals surface area contributed by atoms with Crippen LogP contribution in [0.3, 0.4) is 0 Å². The molecule has 0 aliphatic heterocycles. The number of hydrogen-bond acceptors (Lipinski definition) is 0. The van der Waals surface area contributed by atoms with Crippen molar-refractivity contribution in [2.45, 2.75) is 171 Å². The fourth-order valence-electron chi connectivity index (χ4n) is 8.29. The molecule has 0 spiro atoms. The minimum Gasteiger partial charge on any atom is -0.325 e. The van der Waals surface area contributed by atoms with Crippen molar-refractivity contribution in [1.29, 1.82) is 0 Å². The van der Waals surface area contributed by atoms with E-state index >= 15 is 0 Å². The summed E-state index contributed by atoms with van der Waals surface area (Å²) in [6.07, 6.45) is 28.3. The van der Waals surface area contributed by atoms with Gasteiger partial charge >= 0.3 is 0 Å². The molecule has 0 saturated heterocycles. The molecule has 2 fully saturated rings. The first-order chi connectivity index (χ1) is 16.6. The monoisotopic (exact) mass is 575 g/mol. The van der Waals surface area contributed by atoms with E-state index in [-0.39, 0.29) is 32.7 Å². The number of hydrogen-bond donors (Lipinski definition) is 0. The third kappa shape index (κ3) is 11.3. The largest absolute Gasteiger partial charge is 0.325 e. The Kier molecular flexibility index (Phi) is 17.3. The molecule has 1 radical (unpaired) electrons. The van der Waals surface area contributed by atoms with E-state index in [4.69, 9.17) is 0 Å². The van der Waals surface area contributed by atoms with Crippen LogP contribution in [0.15, 0.2) is 0 Å². The van der Waals surface area contributed by atoms with Crippen LogP contribution in [0, 0.1) is 52.8 Å². The minimum atomic E-state index is 0. The van der Waals surface area contributed by atoms with Gasteiger partial charge in [-0.3, -0.25) is 5.92 Å². The van der Waals surface area contributed by atoms with E-state index in [2.05, 4.69) is 61.8 Å². The number of unbranched alkanes of at least 4 members (excludes halogenated alkanes) is 8. The van der Waals surface area contributed by atoms with Crippen LogP contribution < -0.4 is 0 Å². The summed E-state index contributed by atoms with van der Waals surface area (Å²) in [6.45, 7) is 20.3. The van der Waals surface area contributed by atoms with Gasteiger partial charge in [0.05, 0.1) is 0 Å². The Morgan fingerprint density at radius 2 is 1.17 bits per heavy atom. The van der Waals surface area contributed by atoms with Gasteiger partial charge in [-0.15, -0.1) is 0 Å². The van der Waals surface area contributed by atoms with Gasteiger partial charge in [0.1, 0.15) is 0 Å². The Bertz CT molecular complexity index is 515. The second kappa shape index (κ2) is 17.7. The maximum atomic E-state index is 2.79. The van der Waals surface area contributed by atoms with Gasteiger partial charge < -0.3 is 6.42 Å². The van der Waals surface area contributed by atoms with E-state index in [1.165, 1.54) is 116 Å². The second-order valence-corrected chi connectivity index (χ2v) is 14.5. The second-order valence-electron chi connectivity index (χ2n) is 14.5. The van der Waals surface area contributed by atoms with E-state index in [1.54, 1.807) is 0 Å². The van der Waals surface area contributed by atoms with Crippen LogP contribution in [0.25, 0.3) is 0 Å². The Hall–Kier alpha value is 1.10. The molecule has 2 aliphatic carbocycles. The Morgan fingerprint density at radius 1 is 0.667 bits per heavy atom. The Labute approximate surface area is 255 Å².